The van der Waals surface area contributed by atoms with Crippen molar-refractivity contribution in [3.8, 4) is 5.75 Å². The van der Waals surface area contributed by atoms with Gasteiger partial charge in [0.1, 0.15) is 12.4 Å². The van der Waals surface area contributed by atoms with Crippen molar-refractivity contribution in [2.75, 3.05) is 33.0 Å². The van der Waals surface area contributed by atoms with Crippen molar-refractivity contribution in [3.63, 3.8) is 0 Å². The van der Waals surface area contributed by atoms with Crippen molar-refractivity contribution < 1.29 is 19.0 Å². The molecule has 0 saturated carbocycles. The summed E-state index contributed by atoms with van der Waals surface area (Å²) in [6.07, 6.45) is 3.19. The number of amides is 1. The number of benzene rings is 1. The summed E-state index contributed by atoms with van der Waals surface area (Å²) in [4.78, 5) is 11.9. The molecule has 1 aliphatic heterocycles. The van der Waals surface area contributed by atoms with Crippen molar-refractivity contribution in [1.82, 2.24) is 5.32 Å². The highest BCUT2D eigenvalue weighted by Gasteiger charge is 2.16. The van der Waals surface area contributed by atoms with Crippen LogP contribution in [0.1, 0.15) is 36.5 Å². The lowest BCUT2D eigenvalue weighted by Crippen LogP contribution is -2.25. The van der Waals surface area contributed by atoms with Crippen LogP contribution in [0.4, 0.5) is 0 Å². The number of hydrogen-bond acceptors (Lipinski definition) is 4. The Hall–Kier alpha value is -1.59. The van der Waals surface area contributed by atoms with E-state index in [1.807, 2.05) is 19.1 Å². The lowest BCUT2D eigenvalue weighted by Gasteiger charge is -2.11. The monoisotopic (exact) mass is 307 g/mol. The second-order valence-electron chi connectivity index (χ2n) is 5.28. The van der Waals surface area contributed by atoms with Gasteiger partial charge in [0, 0.05) is 31.9 Å². The zero-order valence-electron chi connectivity index (χ0n) is 13.2. The molecule has 1 aromatic carbocycles. The van der Waals surface area contributed by atoms with Crippen LogP contribution in [0.3, 0.4) is 0 Å². The van der Waals surface area contributed by atoms with E-state index in [1.54, 1.807) is 12.1 Å². The summed E-state index contributed by atoms with van der Waals surface area (Å²) in [5, 5.41) is 2.87. The Morgan fingerprint density at radius 3 is 2.86 bits per heavy atom. The molecule has 1 heterocycles. The van der Waals surface area contributed by atoms with Gasteiger partial charge in [-0.3, -0.25) is 4.79 Å². The molecule has 5 nitrogen and oxygen atoms in total. The van der Waals surface area contributed by atoms with Gasteiger partial charge in [0.2, 0.25) is 0 Å². The van der Waals surface area contributed by atoms with Gasteiger partial charge in [-0.1, -0.05) is 0 Å². The molecule has 2 rings (SSSR count). The molecule has 1 fully saturated rings. The lowest BCUT2D eigenvalue weighted by molar-refractivity contribution is 0.0679. The van der Waals surface area contributed by atoms with Gasteiger partial charge in [0.15, 0.2) is 0 Å². The first kappa shape index (κ1) is 16.8. The topological polar surface area (TPSA) is 56.8 Å². The second kappa shape index (κ2) is 9.43. The Morgan fingerprint density at radius 1 is 1.36 bits per heavy atom. The van der Waals surface area contributed by atoms with E-state index >= 15 is 0 Å². The molecule has 0 aliphatic carbocycles. The third-order valence-corrected chi connectivity index (χ3v) is 3.53. The maximum Gasteiger partial charge on any atom is 0.251 e. The predicted molar refractivity (Wildman–Crippen MR) is 84.4 cm³/mol. The molecule has 0 spiro atoms. The summed E-state index contributed by atoms with van der Waals surface area (Å²) in [7, 11) is 0. The minimum Gasteiger partial charge on any atom is -0.491 e. The first-order valence-electron chi connectivity index (χ1n) is 8.00. The minimum absolute atomic E-state index is 0.0674. The maximum absolute atomic E-state index is 11.9. The molecule has 5 heteroatoms. The highest BCUT2D eigenvalue weighted by molar-refractivity contribution is 5.94. The normalized spacial score (nSPS) is 17.4. The zero-order valence-corrected chi connectivity index (χ0v) is 13.2. The fraction of sp³-hybridized carbons (Fsp3) is 0.588. The molecule has 1 atom stereocenters. The van der Waals surface area contributed by atoms with Gasteiger partial charge in [0.25, 0.3) is 5.91 Å². The Bertz CT molecular complexity index is 440. The van der Waals surface area contributed by atoms with E-state index in [9.17, 15) is 4.79 Å². The fourth-order valence-electron chi connectivity index (χ4n) is 2.29. The van der Waals surface area contributed by atoms with E-state index in [1.165, 1.54) is 0 Å². The van der Waals surface area contributed by atoms with Gasteiger partial charge in [-0.25, -0.2) is 0 Å². The molecule has 1 amide bonds. The number of carbonyl (C=O) groups is 1. The third kappa shape index (κ3) is 5.66. The van der Waals surface area contributed by atoms with Gasteiger partial charge in [0.05, 0.1) is 6.10 Å². The van der Waals surface area contributed by atoms with Crippen molar-refractivity contribution in [1.29, 1.82) is 0 Å². The Balaban J connectivity index is 1.69. The zero-order chi connectivity index (χ0) is 15.6. The highest BCUT2D eigenvalue weighted by atomic mass is 16.5. The molecule has 0 aromatic heterocycles. The molecule has 1 aromatic rings. The van der Waals surface area contributed by atoms with Gasteiger partial charge >= 0.3 is 0 Å². The van der Waals surface area contributed by atoms with E-state index in [4.69, 9.17) is 14.2 Å². The molecule has 1 saturated heterocycles. The van der Waals surface area contributed by atoms with Crippen LogP contribution in [0.15, 0.2) is 24.3 Å². The lowest BCUT2D eigenvalue weighted by atomic mass is 10.2. The van der Waals surface area contributed by atoms with Crippen LogP contribution in [-0.4, -0.2) is 45.0 Å². The number of rotatable bonds is 9. The van der Waals surface area contributed by atoms with E-state index in [0.717, 1.165) is 31.6 Å². The molecule has 0 radical (unpaired) electrons. The third-order valence-electron chi connectivity index (χ3n) is 3.53. The van der Waals surface area contributed by atoms with Crippen molar-refractivity contribution in [2.45, 2.75) is 32.3 Å². The molecular formula is C17H25NO4. The molecule has 0 bridgehead atoms. The average molecular weight is 307 g/mol. The number of carbonyl (C=O) groups excluding carboxylic acids is 1. The van der Waals surface area contributed by atoms with Crippen LogP contribution in [0.2, 0.25) is 0 Å². The molecular weight excluding hydrogens is 282 g/mol. The van der Waals surface area contributed by atoms with E-state index in [2.05, 4.69) is 5.32 Å². The number of ether oxygens (including phenoxy) is 3. The summed E-state index contributed by atoms with van der Waals surface area (Å²) in [5.74, 6) is 0.700. The van der Waals surface area contributed by atoms with Gasteiger partial charge in [-0.2, -0.15) is 0 Å². The van der Waals surface area contributed by atoms with Crippen LogP contribution >= 0.6 is 0 Å². The number of nitrogens with one attached hydrogen (secondary N) is 1. The smallest absolute Gasteiger partial charge is 0.251 e. The molecule has 22 heavy (non-hydrogen) atoms. The fourth-order valence-corrected chi connectivity index (χ4v) is 2.29. The van der Waals surface area contributed by atoms with Crippen LogP contribution in [0, 0.1) is 0 Å². The van der Waals surface area contributed by atoms with Crippen LogP contribution in [-0.2, 0) is 9.47 Å². The minimum atomic E-state index is -0.0674. The second-order valence-corrected chi connectivity index (χ2v) is 5.28. The summed E-state index contributed by atoms with van der Waals surface area (Å²) in [6.45, 7) is 5.37. The average Bonchev–Trinajstić information content (AvgIpc) is 3.06. The van der Waals surface area contributed by atoms with Gasteiger partial charge in [-0.15, -0.1) is 0 Å². The maximum atomic E-state index is 11.9. The largest absolute Gasteiger partial charge is 0.491 e. The number of hydrogen-bond donors (Lipinski definition) is 1. The van der Waals surface area contributed by atoms with E-state index < -0.39 is 0 Å². The highest BCUT2D eigenvalue weighted by Crippen LogP contribution is 2.16. The first-order chi connectivity index (χ1) is 10.8. The SMILES string of the molecule is CCOCCCNC(=O)c1ccc(OCC2CCCO2)cc1. The summed E-state index contributed by atoms with van der Waals surface area (Å²) >= 11 is 0. The molecule has 1 unspecified atom stereocenters. The summed E-state index contributed by atoms with van der Waals surface area (Å²) in [6, 6.07) is 7.21. The van der Waals surface area contributed by atoms with Crippen molar-refractivity contribution in [2.24, 2.45) is 0 Å². The van der Waals surface area contributed by atoms with Crippen LogP contribution in [0.5, 0.6) is 5.75 Å². The Labute approximate surface area is 131 Å². The summed E-state index contributed by atoms with van der Waals surface area (Å²) in [5.41, 5.74) is 0.640. The van der Waals surface area contributed by atoms with E-state index in [0.29, 0.717) is 31.9 Å². The summed E-state index contributed by atoms with van der Waals surface area (Å²) < 4.78 is 16.4. The van der Waals surface area contributed by atoms with E-state index in [-0.39, 0.29) is 12.0 Å². The molecule has 1 N–H and O–H groups in total. The van der Waals surface area contributed by atoms with Gasteiger partial charge < -0.3 is 19.5 Å². The standard InChI is InChI=1S/C17H25NO4/c1-2-20-11-4-10-18-17(19)14-6-8-15(9-7-14)22-13-16-5-3-12-21-16/h6-9,16H,2-5,10-13H2,1H3,(H,18,19). The predicted octanol–water partition coefficient (Wildman–Crippen LogP) is 2.40. The van der Waals surface area contributed by atoms with Crippen molar-refractivity contribution >= 4 is 5.91 Å². The Morgan fingerprint density at radius 2 is 2.18 bits per heavy atom. The van der Waals surface area contributed by atoms with Crippen LogP contribution in [0.25, 0.3) is 0 Å². The Kier molecular flexibility index (Phi) is 7.19. The van der Waals surface area contributed by atoms with Gasteiger partial charge in [-0.05, 0) is 50.5 Å². The van der Waals surface area contributed by atoms with Crippen LogP contribution < -0.4 is 10.1 Å². The molecule has 1 aliphatic rings. The molecule has 122 valence electrons. The quantitative estimate of drug-likeness (QED) is 0.712. The van der Waals surface area contributed by atoms with Crippen molar-refractivity contribution in [3.05, 3.63) is 29.8 Å². The first-order valence-corrected chi connectivity index (χ1v) is 8.00.